The van der Waals surface area contributed by atoms with Gasteiger partial charge in [0.05, 0.1) is 11.6 Å². The van der Waals surface area contributed by atoms with Crippen molar-refractivity contribution in [2.24, 2.45) is 10.1 Å². The Bertz CT molecular complexity index is 1080. The fraction of sp³-hybridized carbons (Fsp3) is 0.105. The highest BCUT2D eigenvalue weighted by molar-refractivity contribution is 9.10. The Labute approximate surface area is 168 Å². The molecule has 0 spiro atoms. The van der Waals surface area contributed by atoms with Crippen molar-refractivity contribution in [1.29, 1.82) is 0 Å². The third-order valence-electron chi connectivity index (χ3n) is 3.91. The summed E-state index contributed by atoms with van der Waals surface area (Å²) < 4.78 is 6.22. The number of carbonyl (C=O) groups is 1. The highest BCUT2D eigenvalue weighted by Gasteiger charge is 2.32. The molecule has 1 atom stereocenters. The topological polar surface area (TPSA) is 70.2 Å². The zero-order valence-corrected chi connectivity index (χ0v) is 16.5. The maximum Gasteiger partial charge on any atom is 0.276 e. The van der Waals surface area contributed by atoms with Crippen LogP contribution in [0.4, 0.5) is 0 Å². The number of halogens is 1. The molecular formula is C19H15BrN4O2S. The zero-order valence-electron chi connectivity index (χ0n) is 14.1. The number of thioether (sulfide) groups is 1. The minimum absolute atomic E-state index is 0.206. The van der Waals surface area contributed by atoms with Crippen molar-refractivity contribution in [3.05, 3.63) is 76.1 Å². The van der Waals surface area contributed by atoms with Crippen LogP contribution in [0.15, 0.2) is 74.3 Å². The SMILES string of the molecule is C=CCSC1=NN2C(=c3cc(Br)ccc3=N[C@@H]2/C=C/c2ccco2)C(=O)N1. The molecule has 2 aliphatic heterocycles. The van der Waals surface area contributed by atoms with Gasteiger partial charge in [0, 0.05) is 15.4 Å². The Morgan fingerprint density at radius 3 is 3.07 bits per heavy atom. The van der Waals surface area contributed by atoms with Crippen LogP contribution in [0.2, 0.25) is 0 Å². The average molecular weight is 443 g/mol. The molecule has 27 heavy (non-hydrogen) atoms. The predicted molar refractivity (Wildman–Crippen MR) is 110 cm³/mol. The van der Waals surface area contributed by atoms with Crippen LogP contribution in [0, 0.1) is 0 Å². The fourth-order valence-electron chi connectivity index (χ4n) is 2.77. The number of amides is 1. The number of rotatable bonds is 4. The monoisotopic (exact) mass is 442 g/mol. The molecule has 8 heteroatoms. The summed E-state index contributed by atoms with van der Waals surface area (Å²) in [5, 5.41) is 11.1. The first-order valence-electron chi connectivity index (χ1n) is 8.18. The quantitative estimate of drug-likeness (QED) is 0.738. The number of carbonyl (C=O) groups excluding carboxylic acids is 1. The van der Waals surface area contributed by atoms with E-state index < -0.39 is 6.17 Å². The minimum Gasteiger partial charge on any atom is -0.465 e. The highest BCUT2D eigenvalue weighted by atomic mass is 79.9. The molecule has 2 aliphatic rings. The number of hydrazone groups is 1. The lowest BCUT2D eigenvalue weighted by Crippen LogP contribution is -2.52. The number of hydrogen-bond acceptors (Lipinski definition) is 6. The third kappa shape index (κ3) is 3.63. The van der Waals surface area contributed by atoms with Crippen molar-refractivity contribution < 1.29 is 9.21 Å². The minimum atomic E-state index is -0.454. The molecule has 2 aromatic rings. The van der Waals surface area contributed by atoms with E-state index in [1.165, 1.54) is 11.8 Å². The summed E-state index contributed by atoms with van der Waals surface area (Å²) in [5.74, 6) is 1.15. The van der Waals surface area contributed by atoms with Crippen LogP contribution < -0.4 is 15.9 Å². The lowest BCUT2D eigenvalue weighted by molar-refractivity contribution is -0.116. The second kappa shape index (κ2) is 7.58. The van der Waals surface area contributed by atoms with Crippen LogP contribution in [-0.4, -0.2) is 28.0 Å². The molecule has 0 unspecified atom stereocenters. The van der Waals surface area contributed by atoms with E-state index in [9.17, 15) is 4.79 Å². The number of furan rings is 1. The van der Waals surface area contributed by atoms with Crippen LogP contribution in [0.1, 0.15) is 5.76 Å². The molecule has 6 nitrogen and oxygen atoms in total. The van der Waals surface area contributed by atoms with Gasteiger partial charge in [0.15, 0.2) is 11.3 Å². The van der Waals surface area contributed by atoms with Crippen molar-refractivity contribution in [2.45, 2.75) is 6.17 Å². The zero-order chi connectivity index (χ0) is 18.8. The summed E-state index contributed by atoms with van der Waals surface area (Å²) in [5.41, 5.74) is 0.471. The van der Waals surface area contributed by atoms with E-state index in [2.05, 4.69) is 32.9 Å². The molecule has 1 N–H and O–H groups in total. The molecular weight excluding hydrogens is 428 g/mol. The fourth-order valence-corrected chi connectivity index (χ4v) is 3.72. The van der Waals surface area contributed by atoms with Crippen molar-refractivity contribution in [1.82, 2.24) is 10.3 Å². The number of nitrogens with one attached hydrogen (secondary N) is 1. The molecule has 1 aromatic carbocycles. The number of hydrogen-bond donors (Lipinski definition) is 1. The molecule has 0 saturated heterocycles. The summed E-state index contributed by atoms with van der Waals surface area (Å²) in [6.45, 7) is 3.71. The molecule has 0 fully saturated rings. The van der Waals surface area contributed by atoms with Crippen molar-refractivity contribution >= 4 is 50.5 Å². The largest absolute Gasteiger partial charge is 0.465 e. The molecule has 3 heterocycles. The third-order valence-corrected chi connectivity index (χ3v) is 5.27. The molecule has 0 saturated carbocycles. The second-order valence-corrected chi connectivity index (χ2v) is 7.66. The molecule has 1 aromatic heterocycles. The first-order chi connectivity index (χ1) is 13.2. The number of amidine groups is 1. The van der Waals surface area contributed by atoms with Crippen LogP contribution >= 0.6 is 27.7 Å². The van der Waals surface area contributed by atoms with Gasteiger partial charge in [-0.1, -0.05) is 33.8 Å². The van der Waals surface area contributed by atoms with Crippen molar-refractivity contribution in [3.8, 4) is 0 Å². The Balaban J connectivity index is 1.83. The Kier molecular flexibility index (Phi) is 5.00. The summed E-state index contributed by atoms with van der Waals surface area (Å²) in [6, 6.07) is 9.34. The standard InChI is InChI=1S/C19H15BrN4O2S/c1-2-10-27-19-22-18(25)17-14-11-12(20)5-7-15(14)21-16(24(17)23-19)8-6-13-4-3-9-26-13/h2-9,11,16H,1,10H2,(H,22,23,25)/b8-6+/t16-/m0/s1. The predicted octanol–water partition coefficient (Wildman–Crippen LogP) is 2.44. The highest BCUT2D eigenvalue weighted by Crippen LogP contribution is 2.22. The van der Waals surface area contributed by atoms with E-state index in [1.54, 1.807) is 17.3 Å². The number of benzene rings is 1. The second-order valence-electron chi connectivity index (χ2n) is 5.73. The van der Waals surface area contributed by atoms with Crippen molar-refractivity contribution in [3.63, 3.8) is 0 Å². The van der Waals surface area contributed by atoms with E-state index in [-0.39, 0.29) is 5.91 Å². The van der Waals surface area contributed by atoms with Gasteiger partial charge in [0.25, 0.3) is 5.91 Å². The van der Waals surface area contributed by atoms with Gasteiger partial charge >= 0.3 is 0 Å². The lowest BCUT2D eigenvalue weighted by Gasteiger charge is -2.32. The van der Waals surface area contributed by atoms with Gasteiger partial charge in [0.1, 0.15) is 11.5 Å². The van der Waals surface area contributed by atoms with Gasteiger partial charge in [-0.3, -0.25) is 15.1 Å². The van der Waals surface area contributed by atoms with E-state index >= 15 is 0 Å². The van der Waals surface area contributed by atoms with Gasteiger partial charge in [-0.25, -0.2) is 5.01 Å². The molecule has 136 valence electrons. The Morgan fingerprint density at radius 2 is 2.30 bits per heavy atom. The summed E-state index contributed by atoms with van der Waals surface area (Å²) in [6.07, 6.45) is 6.61. The lowest BCUT2D eigenvalue weighted by atomic mass is 10.1. The van der Waals surface area contributed by atoms with Crippen molar-refractivity contribution in [2.75, 3.05) is 5.75 Å². The van der Waals surface area contributed by atoms with Gasteiger partial charge in [-0.2, -0.15) is 0 Å². The molecule has 1 amide bonds. The van der Waals surface area contributed by atoms with E-state index in [1.807, 2.05) is 42.5 Å². The smallest absolute Gasteiger partial charge is 0.276 e. The van der Waals surface area contributed by atoms with E-state index in [0.717, 1.165) is 15.0 Å². The average Bonchev–Trinajstić information content (AvgIpc) is 3.18. The van der Waals surface area contributed by atoms with E-state index in [0.29, 0.717) is 22.4 Å². The Morgan fingerprint density at radius 1 is 1.41 bits per heavy atom. The first kappa shape index (κ1) is 17.8. The maximum absolute atomic E-state index is 12.8. The molecule has 0 radical (unpaired) electrons. The summed E-state index contributed by atoms with van der Waals surface area (Å²) in [4.78, 5) is 17.6. The van der Waals surface area contributed by atoms with Gasteiger partial charge in [-0.05, 0) is 42.5 Å². The number of nitrogens with zero attached hydrogens (tertiary/aromatic N) is 3. The van der Waals surface area contributed by atoms with Gasteiger partial charge in [-0.15, -0.1) is 11.7 Å². The van der Waals surface area contributed by atoms with Crippen LogP contribution in [0.5, 0.6) is 0 Å². The molecule has 0 bridgehead atoms. The molecule has 0 aliphatic carbocycles. The van der Waals surface area contributed by atoms with Crippen LogP contribution in [-0.2, 0) is 4.79 Å². The normalized spacial score (nSPS) is 18.5. The summed E-state index contributed by atoms with van der Waals surface area (Å²) >= 11 is 4.87. The van der Waals surface area contributed by atoms with Gasteiger partial charge < -0.3 is 4.42 Å². The first-order valence-corrected chi connectivity index (χ1v) is 9.96. The Hall–Kier alpha value is -2.58. The van der Waals surface area contributed by atoms with Gasteiger partial charge in [0.2, 0.25) is 0 Å². The number of fused-ring (bicyclic) bond motifs is 2. The maximum atomic E-state index is 12.8. The van der Waals surface area contributed by atoms with Crippen LogP contribution in [0.3, 0.4) is 0 Å². The molecule has 4 rings (SSSR count). The van der Waals surface area contributed by atoms with E-state index in [4.69, 9.17) is 9.41 Å². The van der Waals surface area contributed by atoms with Crippen LogP contribution in [0.25, 0.3) is 11.8 Å². The summed E-state index contributed by atoms with van der Waals surface area (Å²) in [7, 11) is 0.